The second-order valence-electron chi connectivity index (χ2n) is 6.49. The standard InChI is InChI=1S/C21H28N4O.HI/c1-17-7-9-18(10-8-17)15-23-21(22-2)24-16-19-5-3-4-6-20(19)25-11-13-26-14-12-25;/h3-10H,11-16H2,1-2H3,(H2,22,23,24);1H. The molecule has 0 bridgehead atoms. The molecule has 3 rings (SSSR count). The molecule has 0 radical (unpaired) electrons. The fourth-order valence-electron chi connectivity index (χ4n) is 3.06. The van der Waals surface area contributed by atoms with Crippen LogP contribution in [0.1, 0.15) is 16.7 Å². The number of ether oxygens (including phenoxy) is 1. The topological polar surface area (TPSA) is 48.9 Å². The van der Waals surface area contributed by atoms with E-state index in [1.165, 1.54) is 22.4 Å². The molecule has 1 heterocycles. The number of halogens is 1. The highest BCUT2D eigenvalue weighted by molar-refractivity contribution is 14.0. The van der Waals surface area contributed by atoms with Crippen molar-refractivity contribution in [1.29, 1.82) is 0 Å². The predicted molar refractivity (Wildman–Crippen MR) is 123 cm³/mol. The van der Waals surface area contributed by atoms with Gasteiger partial charge in [0.1, 0.15) is 0 Å². The van der Waals surface area contributed by atoms with Crippen molar-refractivity contribution in [2.75, 3.05) is 38.3 Å². The fraction of sp³-hybridized carbons (Fsp3) is 0.381. The third-order valence-corrected chi connectivity index (χ3v) is 4.59. The van der Waals surface area contributed by atoms with Crippen molar-refractivity contribution in [2.45, 2.75) is 20.0 Å². The molecule has 0 amide bonds. The van der Waals surface area contributed by atoms with Crippen LogP contribution in [-0.4, -0.2) is 39.3 Å². The molecule has 2 N–H and O–H groups in total. The van der Waals surface area contributed by atoms with Gasteiger partial charge in [0.25, 0.3) is 0 Å². The number of rotatable bonds is 5. The average Bonchev–Trinajstić information content (AvgIpc) is 2.70. The Morgan fingerprint density at radius 1 is 1.00 bits per heavy atom. The van der Waals surface area contributed by atoms with Gasteiger partial charge in [0.15, 0.2) is 5.96 Å². The first-order valence-corrected chi connectivity index (χ1v) is 9.17. The van der Waals surface area contributed by atoms with Gasteiger partial charge in [-0.25, -0.2) is 0 Å². The number of hydrogen-bond acceptors (Lipinski definition) is 3. The molecule has 2 aromatic rings. The zero-order chi connectivity index (χ0) is 18.2. The number of aryl methyl sites for hydroxylation is 1. The molecule has 0 unspecified atom stereocenters. The second-order valence-corrected chi connectivity index (χ2v) is 6.49. The largest absolute Gasteiger partial charge is 0.378 e. The molecule has 6 heteroatoms. The smallest absolute Gasteiger partial charge is 0.191 e. The van der Waals surface area contributed by atoms with E-state index in [2.05, 4.69) is 76.0 Å². The van der Waals surface area contributed by atoms with Crippen LogP contribution in [0.3, 0.4) is 0 Å². The summed E-state index contributed by atoms with van der Waals surface area (Å²) in [5.41, 5.74) is 5.06. The molecule has 0 aliphatic carbocycles. The highest BCUT2D eigenvalue weighted by atomic mass is 127. The number of nitrogens with zero attached hydrogens (tertiary/aromatic N) is 2. The summed E-state index contributed by atoms with van der Waals surface area (Å²) in [7, 11) is 1.80. The van der Waals surface area contributed by atoms with Gasteiger partial charge in [-0.05, 0) is 24.1 Å². The van der Waals surface area contributed by atoms with Crippen LogP contribution in [0.25, 0.3) is 0 Å². The molecular weight excluding hydrogens is 451 g/mol. The number of anilines is 1. The minimum Gasteiger partial charge on any atom is -0.378 e. The average molecular weight is 480 g/mol. The molecule has 1 aliphatic heterocycles. The summed E-state index contributed by atoms with van der Waals surface area (Å²) in [6, 6.07) is 17.1. The molecule has 0 aromatic heterocycles. The molecular formula is C21H29IN4O. The van der Waals surface area contributed by atoms with Crippen molar-refractivity contribution in [3.05, 3.63) is 65.2 Å². The van der Waals surface area contributed by atoms with Crippen LogP contribution in [0.5, 0.6) is 0 Å². The van der Waals surface area contributed by atoms with Crippen LogP contribution in [0.4, 0.5) is 5.69 Å². The summed E-state index contributed by atoms with van der Waals surface area (Å²) in [5, 5.41) is 6.81. The van der Waals surface area contributed by atoms with Gasteiger partial charge >= 0.3 is 0 Å². The minimum absolute atomic E-state index is 0. The van der Waals surface area contributed by atoms with E-state index in [4.69, 9.17) is 4.74 Å². The lowest BCUT2D eigenvalue weighted by Crippen LogP contribution is -2.38. The van der Waals surface area contributed by atoms with Crippen LogP contribution < -0.4 is 15.5 Å². The number of benzene rings is 2. The van der Waals surface area contributed by atoms with E-state index in [1.807, 2.05) is 0 Å². The summed E-state index contributed by atoms with van der Waals surface area (Å²) < 4.78 is 5.47. The Labute approximate surface area is 179 Å². The van der Waals surface area contributed by atoms with Gasteiger partial charge < -0.3 is 20.3 Å². The first-order valence-electron chi connectivity index (χ1n) is 9.17. The summed E-state index contributed by atoms with van der Waals surface area (Å²) in [6.45, 7) is 7.06. The predicted octanol–water partition coefficient (Wildman–Crippen LogP) is 3.31. The number of morpholine rings is 1. The Morgan fingerprint density at radius 3 is 2.37 bits per heavy atom. The van der Waals surface area contributed by atoms with E-state index >= 15 is 0 Å². The van der Waals surface area contributed by atoms with Crippen LogP contribution in [0.15, 0.2) is 53.5 Å². The summed E-state index contributed by atoms with van der Waals surface area (Å²) >= 11 is 0. The zero-order valence-electron chi connectivity index (χ0n) is 16.1. The molecule has 0 spiro atoms. The lowest BCUT2D eigenvalue weighted by atomic mass is 10.1. The maximum atomic E-state index is 5.47. The van der Waals surface area contributed by atoms with E-state index in [0.717, 1.165) is 45.4 Å². The maximum Gasteiger partial charge on any atom is 0.191 e. The lowest BCUT2D eigenvalue weighted by molar-refractivity contribution is 0.122. The molecule has 5 nitrogen and oxygen atoms in total. The highest BCUT2D eigenvalue weighted by Gasteiger charge is 2.14. The van der Waals surface area contributed by atoms with Crippen LogP contribution in [0, 0.1) is 6.92 Å². The number of para-hydroxylation sites is 1. The molecule has 27 heavy (non-hydrogen) atoms. The van der Waals surface area contributed by atoms with Crippen molar-refractivity contribution >= 4 is 35.6 Å². The van der Waals surface area contributed by atoms with Gasteiger partial charge in [-0.3, -0.25) is 4.99 Å². The Balaban J connectivity index is 0.00000261. The molecule has 146 valence electrons. The number of nitrogens with one attached hydrogen (secondary N) is 2. The van der Waals surface area contributed by atoms with Gasteiger partial charge in [0.2, 0.25) is 0 Å². The zero-order valence-corrected chi connectivity index (χ0v) is 18.4. The molecule has 2 aromatic carbocycles. The SMILES string of the molecule is CN=C(NCc1ccc(C)cc1)NCc1ccccc1N1CCOCC1.I. The van der Waals surface area contributed by atoms with Crippen LogP contribution in [0.2, 0.25) is 0 Å². The Bertz CT molecular complexity index is 727. The highest BCUT2D eigenvalue weighted by Crippen LogP contribution is 2.21. The molecule has 1 fully saturated rings. The van der Waals surface area contributed by atoms with E-state index in [0.29, 0.717) is 0 Å². The van der Waals surface area contributed by atoms with Crippen molar-refractivity contribution in [3.8, 4) is 0 Å². The van der Waals surface area contributed by atoms with Gasteiger partial charge in [0.05, 0.1) is 13.2 Å². The summed E-state index contributed by atoms with van der Waals surface area (Å²) in [5.74, 6) is 0.808. The minimum atomic E-state index is 0. The van der Waals surface area contributed by atoms with Gasteiger partial charge in [-0.15, -0.1) is 24.0 Å². The second kappa shape index (κ2) is 11.1. The van der Waals surface area contributed by atoms with E-state index in [1.54, 1.807) is 7.05 Å². The third-order valence-electron chi connectivity index (χ3n) is 4.59. The summed E-state index contributed by atoms with van der Waals surface area (Å²) in [4.78, 5) is 6.73. The first kappa shape index (κ1) is 21.5. The number of hydrogen-bond donors (Lipinski definition) is 2. The summed E-state index contributed by atoms with van der Waals surface area (Å²) in [6.07, 6.45) is 0. The fourth-order valence-corrected chi connectivity index (χ4v) is 3.06. The number of guanidine groups is 1. The van der Waals surface area contributed by atoms with Crippen LogP contribution in [-0.2, 0) is 17.8 Å². The van der Waals surface area contributed by atoms with Gasteiger partial charge in [-0.1, -0.05) is 48.0 Å². The monoisotopic (exact) mass is 480 g/mol. The Morgan fingerprint density at radius 2 is 1.67 bits per heavy atom. The van der Waals surface area contributed by atoms with Gasteiger partial charge in [-0.2, -0.15) is 0 Å². The molecule has 1 aliphatic rings. The third kappa shape index (κ3) is 6.39. The number of aliphatic imine (C=N–C) groups is 1. The van der Waals surface area contributed by atoms with E-state index in [-0.39, 0.29) is 24.0 Å². The first-order chi connectivity index (χ1) is 12.8. The normalized spacial score (nSPS) is 14.4. The lowest BCUT2D eigenvalue weighted by Gasteiger charge is -2.30. The Hall–Kier alpha value is -1.80. The van der Waals surface area contributed by atoms with Crippen molar-refractivity contribution < 1.29 is 4.74 Å². The van der Waals surface area contributed by atoms with Crippen molar-refractivity contribution in [3.63, 3.8) is 0 Å². The maximum absolute atomic E-state index is 5.47. The van der Waals surface area contributed by atoms with E-state index in [9.17, 15) is 0 Å². The van der Waals surface area contributed by atoms with E-state index < -0.39 is 0 Å². The Kier molecular flexibility index (Phi) is 8.87. The van der Waals surface area contributed by atoms with Gasteiger partial charge in [0, 0.05) is 38.9 Å². The molecule has 0 saturated carbocycles. The molecule has 0 atom stereocenters. The molecule has 1 saturated heterocycles. The van der Waals surface area contributed by atoms with Crippen molar-refractivity contribution in [1.82, 2.24) is 10.6 Å². The quantitative estimate of drug-likeness (QED) is 0.392. The van der Waals surface area contributed by atoms with Crippen molar-refractivity contribution in [2.24, 2.45) is 4.99 Å². The van der Waals surface area contributed by atoms with Crippen LogP contribution >= 0.6 is 24.0 Å².